The number of nitrogens with zero attached hydrogens (tertiary/aromatic N) is 1. The number of rotatable bonds is 2. The summed E-state index contributed by atoms with van der Waals surface area (Å²) in [6.07, 6.45) is 0. The van der Waals surface area contributed by atoms with Crippen molar-refractivity contribution in [1.82, 2.24) is 0 Å². The second kappa shape index (κ2) is 5.87. The molecule has 1 fully saturated rings. The molecule has 0 spiro atoms. The van der Waals surface area contributed by atoms with Crippen LogP contribution in [0.4, 0.5) is 10.1 Å². The quantitative estimate of drug-likeness (QED) is 0.773. The lowest BCUT2D eigenvalue weighted by Gasteiger charge is -2.24. The Bertz CT molecular complexity index is 693. The van der Waals surface area contributed by atoms with E-state index in [0.717, 1.165) is 5.56 Å². The van der Waals surface area contributed by atoms with Crippen LogP contribution in [0.15, 0.2) is 42.5 Å². The minimum Gasteiger partial charge on any atom is -0.295 e. The van der Waals surface area contributed by atoms with Crippen LogP contribution in [0.1, 0.15) is 10.9 Å². The summed E-state index contributed by atoms with van der Waals surface area (Å²) < 4.78 is 13.0. The van der Waals surface area contributed by atoms with Gasteiger partial charge in [0.2, 0.25) is 5.91 Å². The van der Waals surface area contributed by atoms with Crippen molar-refractivity contribution in [2.45, 2.75) is 5.37 Å². The van der Waals surface area contributed by atoms with E-state index in [1.807, 2.05) is 6.07 Å². The van der Waals surface area contributed by atoms with Crippen LogP contribution in [0, 0.1) is 5.82 Å². The summed E-state index contributed by atoms with van der Waals surface area (Å²) in [5.74, 6) is 0.0364. The maximum absolute atomic E-state index is 13.0. The summed E-state index contributed by atoms with van der Waals surface area (Å²) in [5, 5.41) is 0.744. The second-order valence-electron chi connectivity index (χ2n) is 4.58. The number of thioether (sulfide) groups is 1. The zero-order chi connectivity index (χ0) is 15.0. The van der Waals surface area contributed by atoms with Crippen molar-refractivity contribution >= 4 is 46.6 Å². The molecule has 0 bridgehead atoms. The normalized spacial score (nSPS) is 18.3. The highest BCUT2D eigenvalue weighted by Crippen LogP contribution is 2.42. The first kappa shape index (κ1) is 14.7. The molecule has 21 heavy (non-hydrogen) atoms. The maximum atomic E-state index is 13.0. The topological polar surface area (TPSA) is 20.3 Å². The van der Waals surface area contributed by atoms with E-state index >= 15 is 0 Å². The van der Waals surface area contributed by atoms with Crippen molar-refractivity contribution in [1.29, 1.82) is 0 Å². The van der Waals surface area contributed by atoms with Gasteiger partial charge >= 0.3 is 0 Å². The van der Waals surface area contributed by atoms with E-state index in [0.29, 0.717) is 21.5 Å². The summed E-state index contributed by atoms with van der Waals surface area (Å²) in [7, 11) is 0. The molecule has 6 heteroatoms. The van der Waals surface area contributed by atoms with Crippen molar-refractivity contribution in [3.63, 3.8) is 0 Å². The molecule has 1 saturated heterocycles. The Morgan fingerprint density at radius 2 is 1.81 bits per heavy atom. The summed E-state index contributed by atoms with van der Waals surface area (Å²) in [6.45, 7) is 0. The summed E-state index contributed by atoms with van der Waals surface area (Å²) in [6, 6.07) is 11.2. The van der Waals surface area contributed by atoms with Gasteiger partial charge in [0.15, 0.2) is 0 Å². The van der Waals surface area contributed by atoms with Gasteiger partial charge in [-0.05, 0) is 42.0 Å². The number of hydrogen-bond donors (Lipinski definition) is 0. The minimum absolute atomic E-state index is 0.0114. The van der Waals surface area contributed by atoms with E-state index in [-0.39, 0.29) is 17.1 Å². The number of amides is 1. The highest BCUT2D eigenvalue weighted by molar-refractivity contribution is 8.00. The smallest absolute Gasteiger partial charge is 0.238 e. The van der Waals surface area contributed by atoms with E-state index in [4.69, 9.17) is 23.2 Å². The number of benzene rings is 2. The molecule has 0 aromatic heterocycles. The molecule has 0 N–H and O–H groups in total. The van der Waals surface area contributed by atoms with E-state index in [1.165, 1.54) is 23.9 Å². The van der Waals surface area contributed by atoms with Crippen molar-refractivity contribution in [2.75, 3.05) is 10.7 Å². The summed E-state index contributed by atoms with van der Waals surface area (Å²) in [4.78, 5) is 13.8. The first-order valence-corrected chi connectivity index (χ1v) is 8.01. The molecule has 3 rings (SSSR count). The van der Waals surface area contributed by atoms with Crippen LogP contribution in [0.25, 0.3) is 0 Å². The number of carbonyl (C=O) groups excluding carboxylic acids is 1. The maximum Gasteiger partial charge on any atom is 0.238 e. The first-order valence-electron chi connectivity index (χ1n) is 6.20. The fourth-order valence-corrected chi connectivity index (χ4v) is 3.69. The molecule has 2 aromatic carbocycles. The lowest BCUT2D eigenvalue weighted by atomic mass is 10.2. The lowest BCUT2D eigenvalue weighted by molar-refractivity contribution is -0.115. The molecule has 2 nitrogen and oxygen atoms in total. The molecular weight excluding hydrogens is 332 g/mol. The van der Waals surface area contributed by atoms with Crippen LogP contribution in [0.5, 0.6) is 0 Å². The molecule has 0 saturated carbocycles. The van der Waals surface area contributed by atoms with E-state index < -0.39 is 0 Å². The zero-order valence-corrected chi connectivity index (χ0v) is 13.1. The number of anilines is 1. The van der Waals surface area contributed by atoms with Crippen LogP contribution >= 0.6 is 35.0 Å². The average Bonchev–Trinajstić information content (AvgIpc) is 2.85. The van der Waals surface area contributed by atoms with Crippen LogP contribution in [-0.2, 0) is 4.79 Å². The minimum atomic E-state index is -0.330. The van der Waals surface area contributed by atoms with Gasteiger partial charge in [-0.2, -0.15) is 0 Å². The lowest BCUT2D eigenvalue weighted by Crippen LogP contribution is -2.27. The van der Waals surface area contributed by atoms with Gasteiger partial charge in [0.05, 0.1) is 15.8 Å². The van der Waals surface area contributed by atoms with Crippen molar-refractivity contribution in [3.05, 3.63) is 63.9 Å². The Morgan fingerprint density at radius 3 is 2.48 bits per heavy atom. The molecule has 108 valence electrons. The third kappa shape index (κ3) is 2.89. The third-order valence-corrected chi connectivity index (χ3v) is 5.15. The first-order chi connectivity index (χ1) is 10.1. The standard InChI is InChI=1S/C15H10Cl2FNOS/c16-12-6-1-9(7-13(12)17)15-19(14(20)8-21-15)11-4-2-10(18)3-5-11/h1-7,15H,8H2/t15-/m1/s1. The largest absolute Gasteiger partial charge is 0.295 e. The van der Waals surface area contributed by atoms with E-state index in [9.17, 15) is 9.18 Å². The highest BCUT2D eigenvalue weighted by atomic mass is 35.5. The molecule has 1 aliphatic heterocycles. The van der Waals surface area contributed by atoms with Gasteiger partial charge in [0.1, 0.15) is 11.2 Å². The summed E-state index contributed by atoms with van der Waals surface area (Å²) in [5.41, 5.74) is 1.56. The number of halogens is 3. The van der Waals surface area contributed by atoms with Crippen LogP contribution in [0.2, 0.25) is 10.0 Å². The monoisotopic (exact) mass is 341 g/mol. The highest BCUT2D eigenvalue weighted by Gasteiger charge is 2.34. The Hall–Kier alpha value is -1.23. The molecule has 1 aliphatic rings. The fourth-order valence-electron chi connectivity index (χ4n) is 2.22. The van der Waals surface area contributed by atoms with Crippen LogP contribution < -0.4 is 4.90 Å². The van der Waals surface area contributed by atoms with E-state index in [2.05, 4.69) is 0 Å². The molecule has 0 aliphatic carbocycles. The predicted octanol–water partition coefficient (Wildman–Crippen LogP) is 4.91. The Kier molecular flexibility index (Phi) is 4.11. The molecule has 1 heterocycles. The Balaban J connectivity index is 1.99. The Morgan fingerprint density at radius 1 is 1.10 bits per heavy atom. The van der Waals surface area contributed by atoms with E-state index in [1.54, 1.807) is 29.2 Å². The van der Waals surface area contributed by atoms with Gasteiger partial charge < -0.3 is 0 Å². The molecule has 1 atom stereocenters. The van der Waals surface area contributed by atoms with Gasteiger partial charge in [-0.3, -0.25) is 9.69 Å². The summed E-state index contributed by atoms with van der Waals surface area (Å²) >= 11 is 13.5. The van der Waals surface area contributed by atoms with Crippen molar-refractivity contribution < 1.29 is 9.18 Å². The number of hydrogen-bond acceptors (Lipinski definition) is 2. The fraction of sp³-hybridized carbons (Fsp3) is 0.133. The van der Waals surface area contributed by atoms with Gasteiger partial charge in [-0.15, -0.1) is 11.8 Å². The molecule has 1 amide bonds. The SMILES string of the molecule is O=C1CS[C@H](c2ccc(Cl)c(Cl)c2)N1c1ccc(F)cc1. The number of carbonyl (C=O) groups is 1. The second-order valence-corrected chi connectivity index (χ2v) is 6.46. The van der Waals surface area contributed by atoms with Gasteiger partial charge in [0, 0.05) is 5.69 Å². The van der Waals surface area contributed by atoms with Crippen LogP contribution in [0.3, 0.4) is 0 Å². The van der Waals surface area contributed by atoms with Gasteiger partial charge in [0.25, 0.3) is 0 Å². The zero-order valence-electron chi connectivity index (χ0n) is 10.7. The molecular formula is C15H10Cl2FNOS. The van der Waals surface area contributed by atoms with Crippen molar-refractivity contribution in [3.8, 4) is 0 Å². The third-order valence-electron chi connectivity index (χ3n) is 3.20. The molecule has 2 aromatic rings. The van der Waals surface area contributed by atoms with Crippen LogP contribution in [-0.4, -0.2) is 11.7 Å². The predicted molar refractivity (Wildman–Crippen MR) is 85.5 cm³/mol. The van der Waals surface area contributed by atoms with Gasteiger partial charge in [-0.25, -0.2) is 4.39 Å². The van der Waals surface area contributed by atoms with Gasteiger partial charge in [-0.1, -0.05) is 29.3 Å². The van der Waals surface area contributed by atoms with Crippen molar-refractivity contribution in [2.24, 2.45) is 0 Å². The molecule has 0 radical (unpaired) electrons. The molecule has 0 unspecified atom stereocenters. The Labute approximate surface area is 135 Å². The average molecular weight is 342 g/mol.